The molecule has 4 rings (SSSR count). The number of H-pyrrole nitrogens is 1. The molecule has 2 fully saturated rings. The summed E-state index contributed by atoms with van der Waals surface area (Å²) >= 11 is 0. The Morgan fingerprint density at radius 1 is 1.29 bits per heavy atom. The van der Waals surface area contributed by atoms with E-state index in [1.165, 1.54) is 38.0 Å². The molecule has 2 saturated heterocycles. The zero-order chi connectivity index (χ0) is 14.2. The van der Waals surface area contributed by atoms with Gasteiger partial charge in [-0.2, -0.15) is 10.2 Å². The molecule has 0 aliphatic carbocycles. The summed E-state index contributed by atoms with van der Waals surface area (Å²) < 4.78 is 1.83. The summed E-state index contributed by atoms with van der Waals surface area (Å²) in [5.74, 6) is 0. The second-order valence-corrected chi connectivity index (χ2v) is 6.24. The van der Waals surface area contributed by atoms with Gasteiger partial charge in [0.2, 0.25) is 0 Å². The maximum Gasteiger partial charge on any atom is 0.0726 e. The lowest BCUT2D eigenvalue weighted by Gasteiger charge is -2.37. The summed E-state index contributed by atoms with van der Waals surface area (Å²) in [5, 5.41) is 11.6. The molecule has 0 saturated carbocycles. The van der Waals surface area contributed by atoms with Crippen molar-refractivity contribution in [1.29, 1.82) is 0 Å². The molecule has 112 valence electrons. The molecule has 2 aliphatic rings. The Morgan fingerprint density at radius 3 is 3.10 bits per heavy atom. The molecule has 1 atom stereocenters. The number of aryl methyl sites for hydroxylation is 1. The molecule has 0 bridgehead atoms. The Morgan fingerprint density at radius 2 is 2.24 bits per heavy atom. The molecular weight excluding hydrogens is 264 g/mol. The van der Waals surface area contributed by atoms with Crippen LogP contribution in [0.1, 0.15) is 18.4 Å². The largest absolute Gasteiger partial charge is 0.298 e. The number of nitrogens with zero attached hydrogens (tertiary/aromatic N) is 5. The summed E-state index contributed by atoms with van der Waals surface area (Å²) in [6.45, 7) is 5.84. The zero-order valence-corrected chi connectivity index (χ0v) is 12.5. The zero-order valence-electron chi connectivity index (χ0n) is 12.5. The van der Waals surface area contributed by atoms with Gasteiger partial charge in [0.05, 0.1) is 18.1 Å². The van der Waals surface area contributed by atoms with Gasteiger partial charge in [0.15, 0.2) is 0 Å². The average molecular weight is 286 g/mol. The average Bonchev–Trinajstić information content (AvgIpc) is 3.18. The highest BCUT2D eigenvalue weighted by Crippen LogP contribution is 2.25. The van der Waals surface area contributed by atoms with Crippen LogP contribution in [0.25, 0.3) is 11.3 Å². The van der Waals surface area contributed by atoms with E-state index < -0.39 is 0 Å². The molecule has 6 heteroatoms. The molecule has 0 amide bonds. The van der Waals surface area contributed by atoms with Crippen molar-refractivity contribution in [2.75, 3.05) is 26.2 Å². The van der Waals surface area contributed by atoms with E-state index >= 15 is 0 Å². The monoisotopic (exact) mass is 286 g/mol. The summed E-state index contributed by atoms with van der Waals surface area (Å²) in [6, 6.07) is 0.771. The smallest absolute Gasteiger partial charge is 0.0726 e. The standard InChI is InChI=1S/C15H22N6/c1-19-9-13(8-17-19)15-12(7-16-18-15)10-20-5-6-21-4-2-3-14(21)11-20/h7-9,14H,2-6,10-11H2,1H3,(H,16,18). The van der Waals surface area contributed by atoms with Crippen LogP contribution < -0.4 is 0 Å². The Labute approximate surface area is 124 Å². The first-order chi connectivity index (χ1) is 10.3. The minimum Gasteiger partial charge on any atom is -0.298 e. The van der Waals surface area contributed by atoms with E-state index in [-0.39, 0.29) is 0 Å². The lowest BCUT2D eigenvalue weighted by Crippen LogP contribution is -2.49. The first-order valence-electron chi connectivity index (χ1n) is 7.77. The Kier molecular flexibility index (Phi) is 3.27. The van der Waals surface area contributed by atoms with Crippen LogP contribution in [-0.4, -0.2) is 62.0 Å². The van der Waals surface area contributed by atoms with Crippen LogP contribution in [0.3, 0.4) is 0 Å². The molecule has 2 aromatic heterocycles. The van der Waals surface area contributed by atoms with Crippen molar-refractivity contribution in [2.45, 2.75) is 25.4 Å². The molecule has 1 N–H and O–H groups in total. The Balaban J connectivity index is 1.49. The number of aromatic nitrogens is 4. The van der Waals surface area contributed by atoms with Gasteiger partial charge in [-0.15, -0.1) is 0 Å². The summed E-state index contributed by atoms with van der Waals surface area (Å²) in [4.78, 5) is 5.21. The highest BCUT2D eigenvalue weighted by Gasteiger charge is 2.30. The second kappa shape index (κ2) is 5.27. The third kappa shape index (κ3) is 2.49. The summed E-state index contributed by atoms with van der Waals surface area (Å²) in [6.07, 6.45) is 8.61. The van der Waals surface area contributed by atoms with Crippen molar-refractivity contribution in [2.24, 2.45) is 7.05 Å². The van der Waals surface area contributed by atoms with Crippen LogP contribution in [-0.2, 0) is 13.6 Å². The number of fused-ring (bicyclic) bond motifs is 1. The number of piperazine rings is 1. The fourth-order valence-corrected chi connectivity index (χ4v) is 3.67. The van der Waals surface area contributed by atoms with Crippen molar-refractivity contribution in [3.63, 3.8) is 0 Å². The molecule has 4 heterocycles. The summed E-state index contributed by atoms with van der Waals surface area (Å²) in [7, 11) is 1.94. The predicted molar refractivity (Wildman–Crippen MR) is 80.7 cm³/mol. The number of hydrogen-bond acceptors (Lipinski definition) is 4. The Hall–Kier alpha value is -1.66. The van der Waals surface area contributed by atoms with Gasteiger partial charge in [0.1, 0.15) is 0 Å². The van der Waals surface area contributed by atoms with Crippen molar-refractivity contribution < 1.29 is 0 Å². The van der Waals surface area contributed by atoms with E-state index in [9.17, 15) is 0 Å². The van der Waals surface area contributed by atoms with Gasteiger partial charge in [0.25, 0.3) is 0 Å². The van der Waals surface area contributed by atoms with E-state index in [2.05, 4.69) is 25.1 Å². The van der Waals surface area contributed by atoms with E-state index in [0.29, 0.717) is 0 Å². The molecule has 0 radical (unpaired) electrons. The molecule has 2 aliphatic heterocycles. The second-order valence-electron chi connectivity index (χ2n) is 6.24. The maximum atomic E-state index is 4.25. The van der Waals surface area contributed by atoms with Gasteiger partial charge in [-0.1, -0.05) is 0 Å². The van der Waals surface area contributed by atoms with Crippen molar-refractivity contribution in [3.05, 3.63) is 24.2 Å². The third-order valence-corrected chi connectivity index (χ3v) is 4.78. The molecule has 1 unspecified atom stereocenters. The van der Waals surface area contributed by atoms with Gasteiger partial charge in [-0.05, 0) is 19.4 Å². The fraction of sp³-hybridized carbons (Fsp3) is 0.600. The van der Waals surface area contributed by atoms with Crippen LogP contribution >= 0.6 is 0 Å². The van der Waals surface area contributed by atoms with E-state index in [0.717, 1.165) is 30.4 Å². The van der Waals surface area contributed by atoms with Gasteiger partial charge in [0, 0.05) is 56.6 Å². The maximum absolute atomic E-state index is 4.25. The minimum absolute atomic E-state index is 0.771. The SMILES string of the molecule is Cn1cc(-c2[nH]ncc2CN2CCN3CCCC3C2)cn1. The quantitative estimate of drug-likeness (QED) is 0.918. The normalized spacial score (nSPS) is 23.6. The molecule has 0 spiro atoms. The van der Waals surface area contributed by atoms with Gasteiger partial charge < -0.3 is 0 Å². The molecular formula is C15H22N6. The van der Waals surface area contributed by atoms with Crippen LogP contribution in [0.15, 0.2) is 18.6 Å². The lowest BCUT2D eigenvalue weighted by molar-refractivity contribution is 0.0995. The number of rotatable bonds is 3. The Bertz CT molecular complexity index is 615. The van der Waals surface area contributed by atoms with Crippen LogP contribution in [0.5, 0.6) is 0 Å². The van der Waals surface area contributed by atoms with E-state index in [1.54, 1.807) is 0 Å². The fourth-order valence-electron chi connectivity index (χ4n) is 3.67. The lowest BCUT2D eigenvalue weighted by atomic mass is 10.1. The van der Waals surface area contributed by atoms with E-state index in [4.69, 9.17) is 0 Å². The number of nitrogens with one attached hydrogen (secondary N) is 1. The number of hydrogen-bond donors (Lipinski definition) is 1. The van der Waals surface area contributed by atoms with Crippen molar-refractivity contribution in [3.8, 4) is 11.3 Å². The van der Waals surface area contributed by atoms with Gasteiger partial charge >= 0.3 is 0 Å². The van der Waals surface area contributed by atoms with Crippen molar-refractivity contribution in [1.82, 2.24) is 29.8 Å². The minimum atomic E-state index is 0.771. The first kappa shape index (κ1) is 13.0. The molecule has 0 aromatic carbocycles. The van der Waals surface area contributed by atoms with Gasteiger partial charge in [-0.3, -0.25) is 19.6 Å². The number of aromatic amines is 1. The molecule has 2 aromatic rings. The molecule has 21 heavy (non-hydrogen) atoms. The van der Waals surface area contributed by atoms with E-state index in [1.807, 2.05) is 30.3 Å². The van der Waals surface area contributed by atoms with Crippen LogP contribution in [0.2, 0.25) is 0 Å². The molecule has 6 nitrogen and oxygen atoms in total. The summed E-state index contributed by atoms with van der Waals surface area (Å²) in [5.41, 5.74) is 3.50. The highest BCUT2D eigenvalue weighted by atomic mass is 15.3. The highest BCUT2D eigenvalue weighted by molar-refractivity contribution is 5.60. The predicted octanol–water partition coefficient (Wildman–Crippen LogP) is 1.09. The van der Waals surface area contributed by atoms with Gasteiger partial charge in [-0.25, -0.2) is 0 Å². The van der Waals surface area contributed by atoms with Crippen molar-refractivity contribution >= 4 is 0 Å². The van der Waals surface area contributed by atoms with Crippen LogP contribution in [0, 0.1) is 0 Å². The van der Waals surface area contributed by atoms with Crippen LogP contribution in [0.4, 0.5) is 0 Å². The third-order valence-electron chi connectivity index (χ3n) is 4.78. The first-order valence-corrected chi connectivity index (χ1v) is 7.77. The topological polar surface area (TPSA) is 53.0 Å².